The molecule has 2 aromatic rings. The Balaban J connectivity index is 1.85. The third-order valence-electron chi connectivity index (χ3n) is 3.60. The highest BCUT2D eigenvalue weighted by molar-refractivity contribution is 5.99. The Morgan fingerprint density at radius 3 is 2.76 bits per heavy atom. The Bertz CT molecular complexity index is 735. The summed E-state index contributed by atoms with van der Waals surface area (Å²) in [6.07, 6.45) is 0.919. The van der Waals surface area contributed by atoms with Crippen LogP contribution in [0.4, 0.5) is 0 Å². The van der Waals surface area contributed by atoms with Crippen LogP contribution in [-0.4, -0.2) is 23.4 Å². The maximum atomic E-state index is 10.4. The van der Waals surface area contributed by atoms with Crippen molar-refractivity contribution in [3.63, 3.8) is 0 Å². The van der Waals surface area contributed by atoms with E-state index in [4.69, 9.17) is 9.94 Å². The summed E-state index contributed by atoms with van der Waals surface area (Å²) in [7, 11) is 0. The Labute approximate surface area is 122 Å². The van der Waals surface area contributed by atoms with Gasteiger partial charge in [-0.05, 0) is 47.2 Å². The van der Waals surface area contributed by atoms with Gasteiger partial charge in [-0.15, -0.1) is 0 Å². The number of hydrogen-bond donors (Lipinski definition) is 1. The Morgan fingerprint density at radius 2 is 1.95 bits per heavy atom. The molecule has 0 bridgehead atoms. The smallest absolute Gasteiger partial charge is 0.344 e. The molecular formula is C17H15NO3. The molecule has 0 aromatic heterocycles. The van der Waals surface area contributed by atoms with Gasteiger partial charge in [-0.1, -0.05) is 41.6 Å². The Hall–Kier alpha value is -2.62. The zero-order chi connectivity index (χ0) is 14.8. The number of benzene rings is 2. The first kappa shape index (κ1) is 13.4. The molecule has 3 rings (SSSR count). The Kier molecular flexibility index (Phi) is 3.44. The van der Waals surface area contributed by atoms with E-state index in [1.807, 2.05) is 19.1 Å². The Morgan fingerprint density at radius 1 is 1.19 bits per heavy atom. The van der Waals surface area contributed by atoms with Crippen LogP contribution in [0, 0.1) is 0 Å². The van der Waals surface area contributed by atoms with E-state index < -0.39 is 12.6 Å². The van der Waals surface area contributed by atoms with Crippen molar-refractivity contribution in [2.45, 2.75) is 13.3 Å². The number of hydrogen-bond acceptors (Lipinski definition) is 3. The summed E-state index contributed by atoms with van der Waals surface area (Å²) in [6, 6.07) is 14.6. The number of oxime groups is 1. The molecular weight excluding hydrogens is 266 g/mol. The molecule has 2 aromatic carbocycles. The second-order valence-electron chi connectivity index (χ2n) is 5.05. The maximum Gasteiger partial charge on any atom is 0.344 e. The molecule has 0 spiro atoms. The van der Waals surface area contributed by atoms with Crippen molar-refractivity contribution in [2.24, 2.45) is 5.16 Å². The lowest BCUT2D eigenvalue weighted by atomic mass is 10.0. The number of rotatable bonds is 4. The van der Waals surface area contributed by atoms with Gasteiger partial charge in [0.15, 0.2) is 0 Å². The van der Waals surface area contributed by atoms with Gasteiger partial charge < -0.3 is 9.94 Å². The fourth-order valence-corrected chi connectivity index (χ4v) is 2.61. The van der Waals surface area contributed by atoms with E-state index in [2.05, 4.69) is 35.5 Å². The first-order chi connectivity index (χ1) is 10.1. The SMILES string of the molecule is CC(=NOCC(=O)O)c1ccc2c(c1)Cc1ccccc1-2. The largest absolute Gasteiger partial charge is 0.479 e. The van der Waals surface area contributed by atoms with Gasteiger partial charge in [-0.25, -0.2) is 4.79 Å². The second kappa shape index (κ2) is 5.40. The van der Waals surface area contributed by atoms with Crippen molar-refractivity contribution in [3.05, 3.63) is 59.2 Å². The van der Waals surface area contributed by atoms with Gasteiger partial charge in [0.2, 0.25) is 6.61 Å². The standard InChI is InChI=1S/C17H15NO3/c1-11(18-21-10-17(19)20)12-6-7-16-14(8-12)9-13-4-2-3-5-15(13)16/h2-8H,9-10H2,1H3,(H,19,20). The average Bonchev–Trinajstić information content (AvgIpc) is 2.84. The molecule has 0 saturated carbocycles. The summed E-state index contributed by atoms with van der Waals surface area (Å²) in [4.78, 5) is 15.2. The molecule has 106 valence electrons. The molecule has 21 heavy (non-hydrogen) atoms. The lowest BCUT2D eigenvalue weighted by Crippen LogP contribution is -2.05. The van der Waals surface area contributed by atoms with Crippen LogP contribution < -0.4 is 0 Å². The van der Waals surface area contributed by atoms with Crippen molar-refractivity contribution in [1.29, 1.82) is 0 Å². The van der Waals surface area contributed by atoms with Crippen molar-refractivity contribution >= 4 is 11.7 Å². The van der Waals surface area contributed by atoms with Crippen LogP contribution in [0.2, 0.25) is 0 Å². The molecule has 4 nitrogen and oxygen atoms in total. The number of aliphatic carboxylic acids is 1. The lowest BCUT2D eigenvalue weighted by Gasteiger charge is -2.05. The molecule has 0 radical (unpaired) electrons. The highest BCUT2D eigenvalue weighted by Gasteiger charge is 2.18. The highest BCUT2D eigenvalue weighted by Crippen LogP contribution is 2.36. The molecule has 0 heterocycles. The summed E-state index contributed by atoms with van der Waals surface area (Å²) < 4.78 is 0. The van der Waals surface area contributed by atoms with E-state index in [0.29, 0.717) is 5.71 Å². The van der Waals surface area contributed by atoms with Crippen LogP contribution in [0.5, 0.6) is 0 Å². The van der Waals surface area contributed by atoms with Crippen molar-refractivity contribution in [2.75, 3.05) is 6.61 Å². The van der Waals surface area contributed by atoms with Crippen molar-refractivity contribution in [3.8, 4) is 11.1 Å². The minimum absolute atomic E-state index is 0.423. The van der Waals surface area contributed by atoms with Gasteiger partial charge >= 0.3 is 5.97 Å². The van der Waals surface area contributed by atoms with E-state index in [1.165, 1.54) is 22.3 Å². The highest BCUT2D eigenvalue weighted by atomic mass is 16.6. The molecule has 1 N–H and O–H groups in total. The molecule has 0 fully saturated rings. The monoisotopic (exact) mass is 281 g/mol. The van der Waals surface area contributed by atoms with Crippen molar-refractivity contribution < 1.29 is 14.7 Å². The third-order valence-corrected chi connectivity index (χ3v) is 3.60. The molecule has 0 aliphatic heterocycles. The third kappa shape index (κ3) is 2.65. The van der Waals surface area contributed by atoms with Crippen LogP contribution in [0.3, 0.4) is 0 Å². The predicted octanol–water partition coefficient (Wildman–Crippen LogP) is 3.08. The number of carboxylic acid groups (broad SMARTS) is 1. The van der Waals surface area contributed by atoms with E-state index in [1.54, 1.807) is 0 Å². The van der Waals surface area contributed by atoms with Crippen LogP contribution in [-0.2, 0) is 16.1 Å². The zero-order valence-electron chi connectivity index (χ0n) is 11.7. The quantitative estimate of drug-likeness (QED) is 0.590. The molecule has 1 aliphatic carbocycles. The molecule has 0 unspecified atom stereocenters. The summed E-state index contributed by atoms with van der Waals surface area (Å²) in [6.45, 7) is 1.39. The minimum atomic E-state index is -1.03. The van der Waals surface area contributed by atoms with Crippen LogP contribution in [0.1, 0.15) is 23.6 Å². The van der Waals surface area contributed by atoms with E-state index >= 15 is 0 Å². The van der Waals surface area contributed by atoms with Gasteiger partial charge in [0.25, 0.3) is 0 Å². The molecule has 0 atom stereocenters. The summed E-state index contributed by atoms with van der Waals surface area (Å²) in [5.41, 5.74) is 6.77. The zero-order valence-corrected chi connectivity index (χ0v) is 11.7. The van der Waals surface area contributed by atoms with Gasteiger partial charge in [-0.3, -0.25) is 0 Å². The van der Waals surface area contributed by atoms with E-state index in [0.717, 1.165) is 12.0 Å². The van der Waals surface area contributed by atoms with Crippen LogP contribution in [0.25, 0.3) is 11.1 Å². The normalized spacial score (nSPS) is 12.7. The summed E-state index contributed by atoms with van der Waals surface area (Å²) >= 11 is 0. The van der Waals surface area contributed by atoms with Gasteiger partial charge in [0.05, 0.1) is 5.71 Å². The fourth-order valence-electron chi connectivity index (χ4n) is 2.61. The number of fused-ring (bicyclic) bond motifs is 3. The lowest BCUT2D eigenvalue weighted by molar-refractivity contribution is -0.142. The van der Waals surface area contributed by atoms with E-state index in [9.17, 15) is 4.79 Å². The molecule has 4 heteroatoms. The van der Waals surface area contributed by atoms with E-state index in [-0.39, 0.29) is 0 Å². The van der Waals surface area contributed by atoms with Gasteiger partial charge in [0, 0.05) is 0 Å². The fraction of sp³-hybridized carbons (Fsp3) is 0.176. The van der Waals surface area contributed by atoms with Crippen LogP contribution >= 0.6 is 0 Å². The predicted molar refractivity (Wildman–Crippen MR) is 80.5 cm³/mol. The number of carboxylic acids is 1. The van der Waals surface area contributed by atoms with Gasteiger partial charge in [-0.2, -0.15) is 0 Å². The molecule has 0 amide bonds. The van der Waals surface area contributed by atoms with Crippen LogP contribution in [0.15, 0.2) is 47.6 Å². The first-order valence-corrected chi connectivity index (χ1v) is 6.75. The maximum absolute atomic E-state index is 10.4. The number of nitrogens with zero attached hydrogens (tertiary/aromatic N) is 1. The minimum Gasteiger partial charge on any atom is -0.479 e. The number of carbonyl (C=O) groups is 1. The summed E-state index contributed by atoms with van der Waals surface area (Å²) in [5.74, 6) is -1.03. The molecule has 1 aliphatic rings. The summed E-state index contributed by atoms with van der Waals surface area (Å²) in [5, 5.41) is 12.4. The van der Waals surface area contributed by atoms with Gasteiger partial charge in [0.1, 0.15) is 0 Å². The van der Waals surface area contributed by atoms with Crippen molar-refractivity contribution in [1.82, 2.24) is 0 Å². The average molecular weight is 281 g/mol. The molecule has 0 saturated heterocycles. The first-order valence-electron chi connectivity index (χ1n) is 6.75. The topological polar surface area (TPSA) is 58.9 Å². The second-order valence-corrected chi connectivity index (χ2v) is 5.05.